The first-order valence-electron chi connectivity index (χ1n) is 9.18. The number of benzene rings is 2. The molecule has 3 rings (SSSR count). The van der Waals surface area contributed by atoms with E-state index in [-0.39, 0.29) is 11.4 Å². The zero-order valence-electron chi connectivity index (χ0n) is 15.2. The molecule has 0 aliphatic heterocycles. The Labute approximate surface area is 160 Å². The van der Waals surface area contributed by atoms with Crippen LogP contribution in [-0.4, -0.2) is 28.9 Å². The van der Waals surface area contributed by atoms with Crippen LogP contribution in [0.4, 0.5) is 0 Å². The van der Waals surface area contributed by atoms with Gasteiger partial charge in [-0.15, -0.1) is 11.8 Å². The number of aliphatic hydroxyl groups is 1. The molecule has 26 heavy (non-hydrogen) atoms. The third-order valence-corrected chi connectivity index (χ3v) is 6.00. The smallest absolute Gasteiger partial charge is 0.191 e. The van der Waals surface area contributed by atoms with Crippen molar-refractivity contribution < 1.29 is 5.11 Å². The lowest BCUT2D eigenvalue weighted by atomic mass is 10.1. The Morgan fingerprint density at radius 2 is 1.73 bits per heavy atom. The van der Waals surface area contributed by atoms with E-state index < -0.39 is 0 Å². The van der Waals surface area contributed by atoms with Crippen molar-refractivity contribution in [2.75, 3.05) is 13.1 Å². The van der Waals surface area contributed by atoms with Crippen LogP contribution in [0.1, 0.15) is 30.9 Å². The van der Waals surface area contributed by atoms with Gasteiger partial charge in [-0.2, -0.15) is 0 Å². The topological polar surface area (TPSA) is 56.7 Å². The second-order valence-electron chi connectivity index (χ2n) is 6.57. The summed E-state index contributed by atoms with van der Waals surface area (Å²) < 4.78 is 0.278. The van der Waals surface area contributed by atoms with Crippen molar-refractivity contribution in [1.82, 2.24) is 10.6 Å². The minimum absolute atomic E-state index is 0.0481. The predicted molar refractivity (Wildman–Crippen MR) is 109 cm³/mol. The number of nitrogens with zero attached hydrogens (tertiary/aromatic N) is 1. The number of aliphatic imine (C=N–C) groups is 1. The van der Waals surface area contributed by atoms with Gasteiger partial charge in [0.2, 0.25) is 0 Å². The molecule has 5 heteroatoms. The molecule has 0 radical (unpaired) electrons. The molecular formula is C21H27N3OS. The Hall–Kier alpha value is -1.98. The maximum Gasteiger partial charge on any atom is 0.191 e. The van der Waals surface area contributed by atoms with Gasteiger partial charge in [0.25, 0.3) is 0 Å². The molecule has 0 amide bonds. The van der Waals surface area contributed by atoms with Crippen LogP contribution in [0.25, 0.3) is 0 Å². The molecule has 4 nitrogen and oxygen atoms in total. The average molecular weight is 370 g/mol. The van der Waals surface area contributed by atoms with Crippen molar-refractivity contribution in [2.24, 2.45) is 4.99 Å². The lowest BCUT2D eigenvalue weighted by Gasteiger charge is -2.18. The van der Waals surface area contributed by atoms with E-state index in [9.17, 15) is 5.11 Å². The fourth-order valence-electron chi connectivity index (χ4n) is 2.81. The molecule has 1 saturated carbocycles. The van der Waals surface area contributed by atoms with E-state index in [0.717, 1.165) is 30.2 Å². The van der Waals surface area contributed by atoms with Crippen molar-refractivity contribution in [1.29, 1.82) is 0 Å². The van der Waals surface area contributed by atoms with Crippen LogP contribution >= 0.6 is 11.8 Å². The van der Waals surface area contributed by atoms with Crippen LogP contribution in [0.2, 0.25) is 0 Å². The number of thioether (sulfide) groups is 1. The summed E-state index contributed by atoms with van der Waals surface area (Å²) in [5.74, 6) is 0.833. The van der Waals surface area contributed by atoms with E-state index in [2.05, 4.69) is 47.9 Å². The summed E-state index contributed by atoms with van der Waals surface area (Å²) in [6.45, 7) is 4.41. The summed E-state index contributed by atoms with van der Waals surface area (Å²) in [5.41, 5.74) is 2.00. The van der Waals surface area contributed by atoms with Crippen molar-refractivity contribution >= 4 is 17.7 Å². The maximum atomic E-state index is 9.46. The molecule has 3 N–H and O–H groups in total. The van der Waals surface area contributed by atoms with E-state index >= 15 is 0 Å². The van der Waals surface area contributed by atoms with Gasteiger partial charge in [0.05, 0.1) is 13.2 Å². The minimum Gasteiger partial charge on any atom is -0.392 e. The first-order valence-corrected chi connectivity index (χ1v) is 10.0. The number of guanidine groups is 1. The largest absolute Gasteiger partial charge is 0.392 e. The summed E-state index contributed by atoms with van der Waals surface area (Å²) in [6, 6.07) is 18.5. The van der Waals surface area contributed by atoms with Crippen LogP contribution in [0, 0.1) is 0 Å². The Kier molecular flexibility index (Phi) is 6.58. The zero-order chi connectivity index (χ0) is 18.2. The normalized spacial score (nSPS) is 15.5. The number of nitrogens with one attached hydrogen (secondary N) is 2. The second kappa shape index (κ2) is 9.10. The maximum absolute atomic E-state index is 9.46. The fourth-order valence-corrected chi connectivity index (χ4v) is 4.05. The van der Waals surface area contributed by atoms with Gasteiger partial charge in [0, 0.05) is 22.7 Å². The first-order chi connectivity index (χ1) is 12.7. The third kappa shape index (κ3) is 5.26. The number of hydrogen-bond acceptors (Lipinski definition) is 3. The predicted octanol–water partition coefficient (Wildman–Crippen LogP) is 3.56. The molecule has 0 atom stereocenters. The fraction of sp³-hybridized carbons (Fsp3) is 0.381. The molecule has 0 aromatic heterocycles. The van der Waals surface area contributed by atoms with E-state index in [0.29, 0.717) is 6.54 Å². The standard InChI is InChI=1S/C21H27N3OS/c1-2-22-20(23-14-17-8-6-7-9-18(17)15-25)24-16-21(12-13-21)26-19-10-4-3-5-11-19/h3-11,25H,2,12-16H2,1H3,(H2,22,23,24). The van der Waals surface area contributed by atoms with Gasteiger partial charge < -0.3 is 15.7 Å². The average Bonchev–Trinajstić information content (AvgIpc) is 3.44. The first kappa shape index (κ1) is 18.8. The summed E-state index contributed by atoms with van der Waals surface area (Å²) in [5, 5.41) is 16.3. The molecule has 2 aromatic carbocycles. The number of rotatable bonds is 8. The quantitative estimate of drug-likeness (QED) is 0.492. The Morgan fingerprint density at radius 3 is 2.38 bits per heavy atom. The summed E-state index contributed by atoms with van der Waals surface area (Å²) in [4.78, 5) is 6.03. The highest BCUT2D eigenvalue weighted by Gasteiger charge is 2.43. The van der Waals surface area contributed by atoms with Gasteiger partial charge in [0.15, 0.2) is 5.96 Å². The second-order valence-corrected chi connectivity index (χ2v) is 8.12. The number of hydrogen-bond donors (Lipinski definition) is 3. The summed E-state index contributed by atoms with van der Waals surface area (Å²) in [7, 11) is 0. The summed E-state index contributed by atoms with van der Waals surface area (Å²) in [6.07, 6.45) is 2.46. The van der Waals surface area contributed by atoms with Gasteiger partial charge in [-0.1, -0.05) is 42.5 Å². The van der Waals surface area contributed by atoms with E-state index in [1.807, 2.05) is 36.0 Å². The summed E-state index contributed by atoms with van der Waals surface area (Å²) >= 11 is 1.96. The monoisotopic (exact) mass is 369 g/mol. The minimum atomic E-state index is 0.0481. The molecule has 0 spiro atoms. The molecule has 1 aliphatic carbocycles. The molecule has 138 valence electrons. The van der Waals surface area contributed by atoms with Crippen LogP contribution in [0.3, 0.4) is 0 Å². The highest BCUT2D eigenvalue weighted by molar-refractivity contribution is 8.01. The van der Waals surface area contributed by atoms with Crippen molar-refractivity contribution in [3.05, 3.63) is 65.7 Å². The molecule has 1 aliphatic rings. The Morgan fingerprint density at radius 1 is 1.04 bits per heavy atom. The molecule has 1 fully saturated rings. The lowest BCUT2D eigenvalue weighted by molar-refractivity contribution is 0.280. The van der Waals surface area contributed by atoms with Gasteiger partial charge in [-0.3, -0.25) is 0 Å². The van der Waals surface area contributed by atoms with Crippen molar-refractivity contribution in [3.8, 4) is 0 Å². The van der Waals surface area contributed by atoms with E-state index in [1.54, 1.807) is 0 Å². The van der Waals surface area contributed by atoms with E-state index in [1.165, 1.54) is 17.7 Å². The Balaban J connectivity index is 1.60. The van der Waals surface area contributed by atoms with Gasteiger partial charge in [-0.25, -0.2) is 4.99 Å². The van der Waals surface area contributed by atoms with Crippen molar-refractivity contribution in [2.45, 2.75) is 42.6 Å². The van der Waals surface area contributed by atoms with Crippen LogP contribution in [0.5, 0.6) is 0 Å². The van der Waals surface area contributed by atoms with Crippen molar-refractivity contribution in [3.63, 3.8) is 0 Å². The molecule has 0 bridgehead atoms. The molecule has 0 heterocycles. The molecular weight excluding hydrogens is 342 g/mol. The van der Waals surface area contributed by atoms with Crippen LogP contribution in [0.15, 0.2) is 64.5 Å². The SMILES string of the molecule is CCNC(=NCc1ccccc1CO)NCC1(Sc2ccccc2)CC1. The van der Waals surface area contributed by atoms with Crippen LogP contribution in [-0.2, 0) is 13.2 Å². The highest BCUT2D eigenvalue weighted by Crippen LogP contribution is 2.51. The molecule has 2 aromatic rings. The molecule has 0 unspecified atom stereocenters. The highest BCUT2D eigenvalue weighted by atomic mass is 32.2. The zero-order valence-corrected chi connectivity index (χ0v) is 16.1. The van der Waals surface area contributed by atoms with Gasteiger partial charge >= 0.3 is 0 Å². The van der Waals surface area contributed by atoms with Gasteiger partial charge in [-0.05, 0) is 43.0 Å². The Bertz CT molecular complexity index is 729. The van der Waals surface area contributed by atoms with Crippen LogP contribution < -0.4 is 10.6 Å². The lowest BCUT2D eigenvalue weighted by Crippen LogP contribution is -2.41. The number of aliphatic hydroxyl groups excluding tert-OH is 1. The van der Waals surface area contributed by atoms with Gasteiger partial charge in [0.1, 0.15) is 0 Å². The third-order valence-electron chi connectivity index (χ3n) is 4.50. The molecule has 0 saturated heterocycles. The van der Waals surface area contributed by atoms with E-state index in [4.69, 9.17) is 4.99 Å².